The van der Waals surface area contributed by atoms with Crippen LogP contribution in [0.1, 0.15) is 5.82 Å². The monoisotopic (exact) mass is 220 g/mol. The van der Waals surface area contributed by atoms with Crippen molar-refractivity contribution in [2.24, 2.45) is 0 Å². The second-order valence-electron chi connectivity index (χ2n) is 3.37. The largest absolute Gasteiger partial charge is 0.497 e. The van der Waals surface area contributed by atoms with Crippen molar-refractivity contribution in [2.75, 3.05) is 13.7 Å². The highest BCUT2D eigenvalue weighted by molar-refractivity contribution is 5.78. The lowest BCUT2D eigenvalue weighted by Crippen LogP contribution is -2.12. The maximum Gasteiger partial charge on any atom is 0.258 e. The van der Waals surface area contributed by atoms with Gasteiger partial charge in [-0.2, -0.15) is 0 Å². The number of nitrogens with zero attached hydrogens (tertiary/aromatic N) is 1. The summed E-state index contributed by atoms with van der Waals surface area (Å²) in [5.74, 6) is 1.13. The van der Waals surface area contributed by atoms with Gasteiger partial charge in [-0.15, -0.1) is 0 Å². The molecule has 1 aromatic carbocycles. The Balaban J connectivity index is 2.63. The van der Waals surface area contributed by atoms with Gasteiger partial charge in [-0.05, 0) is 12.1 Å². The van der Waals surface area contributed by atoms with Crippen LogP contribution in [-0.4, -0.2) is 28.8 Å². The van der Waals surface area contributed by atoms with E-state index in [2.05, 4.69) is 9.97 Å². The molecule has 0 aliphatic heterocycles. The zero-order chi connectivity index (χ0) is 11.5. The first-order valence-electron chi connectivity index (χ1n) is 4.92. The number of methoxy groups -OCH3 is 1. The van der Waals surface area contributed by atoms with Crippen molar-refractivity contribution in [3.05, 3.63) is 34.4 Å². The van der Waals surface area contributed by atoms with Gasteiger partial charge in [-0.3, -0.25) is 4.79 Å². The highest BCUT2D eigenvalue weighted by Gasteiger charge is 2.04. The minimum absolute atomic E-state index is 0.0432. The van der Waals surface area contributed by atoms with Crippen LogP contribution in [-0.2, 0) is 6.42 Å². The first kappa shape index (κ1) is 10.6. The van der Waals surface area contributed by atoms with E-state index in [0.717, 1.165) is 0 Å². The van der Waals surface area contributed by atoms with Gasteiger partial charge in [0, 0.05) is 12.5 Å². The van der Waals surface area contributed by atoms with Gasteiger partial charge in [0.25, 0.3) is 5.56 Å². The molecule has 0 saturated carbocycles. The summed E-state index contributed by atoms with van der Waals surface area (Å²) in [5, 5.41) is 9.31. The van der Waals surface area contributed by atoms with Crippen LogP contribution in [0.25, 0.3) is 10.9 Å². The normalized spacial score (nSPS) is 10.6. The van der Waals surface area contributed by atoms with Crippen LogP contribution < -0.4 is 10.3 Å². The molecule has 0 saturated heterocycles. The van der Waals surface area contributed by atoms with Crippen molar-refractivity contribution in [3.63, 3.8) is 0 Å². The molecule has 5 heteroatoms. The summed E-state index contributed by atoms with van der Waals surface area (Å²) in [6.45, 7) is -0.0432. The number of aliphatic hydroxyl groups is 1. The van der Waals surface area contributed by atoms with E-state index in [-0.39, 0.29) is 12.2 Å². The highest BCUT2D eigenvalue weighted by Crippen LogP contribution is 2.16. The molecule has 0 aliphatic carbocycles. The zero-order valence-electron chi connectivity index (χ0n) is 8.86. The van der Waals surface area contributed by atoms with Gasteiger partial charge in [0.2, 0.25) is 0 Å². The van der Waals surface area contributed by atoms with Gasteiger partial charge >= 0.3 is 0 Å². The van der Waals surface area contributed by atoms with Crippen molar-refractivity contribution >= 4 is 10.9 Å². The summed E-state index contributed by atoms with van der Waals surface area (Å²) in [5.41, 5.74) is 0.377. The Morgan fingerprint density at radius 1 is 1.50 bits per heavy atom. The minimum atomic E-state index is -0.198. The molecule has 0 atom stereocenters. The highest BCUT2D eigenvalue weighted by atomic mass is 16.5. The molecule has 2 rings (SSSR count). The van der Waals surface area contributed by atoms with E-state index in [4.69, 9.17) is 9.84 Å². The van der Waals surface area contributed by atoms with E-state index in [1.807, 2.05) is 0 Å². The molecule has 0 unspecified atom stereocenters. The molecule has 16 heavy (non-hydrogen) atoms. The van der Waals surface area contributed by atoms with E-state index in [1.165, 1.54) is 0 Å². The van der Waals surface area contributed by atoms with Gasteiger partial charge in [0.1, 0.15) is 11.6 Å². The van der Waals surface area contributed by atoms with Crippen LogP contribution in [0.4, 0.5) is 0 Å². The number of aromatic nitrogens is 2. The molecule has 1 aromatic heterocycles. The van der Waals surface area contributed by atoms with Gasteiger partial charge in [-0.25, -0.2) is 4.98 Å². The van der Waals surface area contributed by atoms with Crippen molar-refractivity contribution in [3.8, 4) is 5.75 Å². The molecule has 0 amide bonds. The number of hydrogen-bond donors (Lipinski definition) is 2. The number of nitrogens with one attached hydrogen (secondary N) is 1. The number of benzene rings is 1. The van der Waals surface area contributed by atoms with Crippen LogP contribution in [0.5, 0.6) is 5.75 Å². The molecule has 0 aliphatic rings. The Bertz CT molecular complexity index is 563. The zero-order valence-corrected chi connectivity index (χ0v) is 8.86. The van der Waals surface area contributed by atoms with E-state index < -0.39 is 0 Å². The Morgan fingerprint density at radius 2 is 2.31 bits per heavy atom. The summed E-state index contributed by atoms with van der Waals surface area (Å²) in [6, 6.07) is 5.08. The number of H-pyrrole nitrogens is 1. The molecule has 0 radical (unpaired) electrons. The molecule has 0 fully saturated rings. The second-order valence-corrected chi connectivity index (χ2v) is 3.37. The third-order valence-corrected chi connectivity index (χ3v) is 2.31. The molecular formula is C11H12N2O3. The maximum atomic E-state index is 11.7. The maximum absolute atomic E-state index is 11.7. The lowest BCUT2D eigenvalue weighted by atomic mass is 10.2. The molecule has 0 spiro atoms. The van der Waals surface area contributed by atoms with E-state index in [9.17, 15) is 4.79 Å². The quantitative estimate of drug-likeness (QED) is 0.788. The topological polar surface area (TPSA) is 75.2 Å². The fourth-order valence-electron chi connectivity index (χ4n) is 1.52. The summed E-state index contributed by atoms with van der Waals surface area (Å²) in [6.07, 6.45) is 0.336. The average Bonchev–Trinajstić information content (AvgIpc) is 2.28. The number of ether oxygens (including phenoxy) is 1. The van der Waals surface area contributed by atoms with Crippen LogP contribution >= 0.6 is 0 Å². The van der Waals surface area contributed by atoms with Gasteiger partial charge in [0.15, 0.2) is 0 Å². The molecule has 2 N–H and O–H groups in total. The SMILES string of the molecule is COc1ccc2c(=O)[nH]c(CCO)nc2c1. The molecule has 0 bridgehead atoms. The Labute approximate surface area is 91.7 Å². The Hall–Kier alpha value is -1.88. The van der Waals surface area contributed by atoms with E-state index in [1.54, 1.807) is 25.3 Å². The molecular weight excluding hydrogens is 208 g/mol. The molecule has 5 nitrogen and oxygen atoms in total. The predicted octanol–water partition coefficient (Wildman–Crippen LogP) is 0.466. The first-order valence-corrected chi connectivity index (χ1v) is 4.92. The second kappa shape index (κ2) is 4.32. The number of hydrogen-bond acceptors (Lipinski definition) is 4. The van der Waals surface area contributed by atoms with Gasteiger partial charge in [-0.1, -0.05) is 0 Å². The summed E-state index contributed by atoms with van der Waals surface area (Å²) >= 11 is 0. The van der Waals surface area contributed by atoms with Crippen LogP contribution in [0.2, 0.25) is 0 Å². The lowest BCUT2D eigenvalue weighted by molar-refractivity contribution is 0.296. The third kappa shape index (κ3) is 1.90. The first-order chi connectivity index (χ1) is 7.74. The minimum Gasteiger partial charge on any atom is -0.497 e. The number of aromatic amines is 1. The van der Waals surface area contributed by atoms with Crippen molar-refractivity contribution in [1.29, 1.82) is 0 Å². The third-order valence-electron chi connectivity index (χ3n) is 2.31. The Morgan fingerprint density at radius 3 is 3.00 bits per heavy atom. The summed E-state index contributed by atoms with van der Waals surface area (Å²) in [4.78, 5) is 18.5. The fraction of sp³-hybridized carbons (Fsp3) is 0.273. The number of fused-ring (bicyclic) bond motifs is 1. The smallest absolute Gasteiger partial charge is 0.258 e. The van der Waals surface area contributed by atoms with Gasteiger partial charge in [0.05, 0.1) is 24.6 Å². The van der Waals surface area contributed by atoms with Crippen molar-refractivity contribution in [2.45, 2.75) is 6.42 Å². The van der Waals surface area contributed by atoms with Crippen LogP contribution in [0.15, 0.2) is 23.0 Å². The van der Waals surface area contributed by atoms with Gasteiger partial charge < -0.3 is 14.8 Å². The van der Waals surface area contributed by atoms with E-state index in [0.29, 0.717) is 28.9 Å². The fourth-order valence-corrected chi connectivity index (χ4v) is 1.52. The number of aliphatic hydroxyl groups excluding tert-OH is 1. The molecule has 2 aromatic rings. The average molecular weight is 220 g/mol. The van der Waals surface area contributed by atoms with Crippen molar-refractivity contribution < 1.29 is 9.84 Å². The Kier molecular flexibility index (Phi) is 2.87. The van der Waals surface area contributed by atoms with E-state index >= 15 is 0 Å². The lowest BCUT2D eigenvalue weighted by Gasteiger charge is -2.03. The predicted molar refractivity (Wildman–Crippen MR) is 59.7 cm³/mol. The van der Waals surface area contributed by atoms with Crippen LogP contribution in [0.3, 0.4) is 0 Å². The summed E-state index contributed by atoms with van der Waals surface area (Å²) in [7, 11) is 1.56. The number of rotatable bonds is 3. The summed E-state index contributed by atoms with van der Waals surface area (Å²) < 4.78 is 5.06. The van der Waals surface area contributed by atoms with Crippen molar-refractivity contribution in [1.82, 2.24) is 9.97 Å². The standard InChI is InChI=1S/C11H12N2O3/c1-16-7-2-3-8-9(6-7)12-10(4-5-14)13-11(8)15/h2-3,6,14H,4-5H2,1H3,(H,12,13,15). The molecule has 1 heterocycles. The van der Waals surface area contributed by atoms with Crippen LogP contribution in [0, 0.1) is 0 Å². The molecule has 84 valence electrons.